The average molecular weight is 271 g/mol. The Morgan fingerprint density at radius 3 is 2.80 bits per heavy atom. The molecule has 0 spiro atoms. The van der Waals surface area contributed by atoms with Gasteiger partial charge < -0.3 is 10.1 Å². The molecular weight excluding hydrogens is 250 g/mol. The number of hydrogen-bond donors (Lipinski definition) is 1. The Labute approximate surface area is 120 Å². The maximum absolute atomic E-state index is 11.9. The molecule has 1 atom stereocenters. The lowest BCUT2D eigenvalue weighted by Gasteiger charge is -2.19. The summed E-state index contributed by atoms with van der Waals surface area (Å²) in [6.07, 6.45) is 9.10. The van der Waals surface area contributed by atoms with Crippen molar-refractivity contribution in [2.24, 2.45) is 0 Å². The molecule has 1 aliphatic carbocycles. The molecule has 0 aliphatic heterocycles. The summed E-state index contributed by atoms with van der Waals surface area (Å²) >= 11 is 0. The molecule has 1 N–H and O–H groups in total. The van der Waals surface area contributed by atoms with Gasteiger partial charge >= 0.3 is 5.97 Å². The summed E-state index contributed by atoms with van der Waals surface area (Å²) in [4.78, 5) is 11.9. The van der Waals surface area contributed by atoms with Gasteiger partial charge in [-0.25, -0.2) is 0 Å². The van der Waals surface area contributed by atoms with Gasteiger partial charge in [0.25, 0.3) is 0 Å². The fraction of sp³-hybridized carbons (Fsp3) is 0.353. The molecule has 0 fully saturated rings. The molecule has 0 amide bonds. The van der Waals surface area contributed by atoms with Crippen LogP contribution in [0.15, 0.2) is 54.1 Å². The normalized spacial score (nSPS) is 15.6. The van der Waals surface area contributed by atoms with Crippen LogP contribution in [0, 0.1) is 0 Å². The van der Waals surface area contributed by atoms with E-state index in [1.807, 2.05) is 30.3 Å². The summed E-state index contributed by atoms with van der Waals surface area (Å²) in [5.74, 6) is -0.198. The number of nitrogens with one attached hydrogen (secondary N) is 1. The van der Waals surface area contributed by atoms with Crippen LogP contribution in [0.3, 0.4) is 0 Å². The van der Waals surface area contributed by atoms with Gasteiger partial charge in [0.15, 0.2) is 0 Å². The lowest BCUT2D eigenvalue weighted by atomic mass is 9.98. The highest BCUT2D eigenvalue weighted by molar-refractivity contribution is 5.76. The van der Waals surface area contributed by atoms with Gasteiger partial charge in [-0.2, -0.15) is 0 Å². The van der Waals surface area contributed by atoms with E-state index in [1.54, 1.807) is 0 Å². The highest BCUT2D eigenvalue weighted by atomic mass is 16.5. The summed E-state index contributed by atoms with van der Waals surface area (Å²) in [5, 5.41) is 3.29. The van der Waals surface area contributed by atoms with Gasteiger partial charge in [0.1, 0.15) is 6.04 Å². The predicted octanol–water partition coefficient (Wildman–Crippen LogP) is 2.98. The average Bonchev–Trinajstić information content (AvgIpc) is 2.52. The van der Waals surface area contributed by atoms with E-state index in [0.717, 1.165) is 12.8 Å². The van der Waals surface area contributed by atoms with Crippen molar-refractivity contribution >= 4 is 5.97 Å². The molecule has 0 saturated carbocycles. The third-order valence-electron chi connectivity index (χ3n) is 3.45. The maximum atomic E-state index is 11.9. The quantitative estimate of drug-likeness (QED) is 0.808. The first-order chi connectivity index (χ1) is 9.79. The third kappa shape index (κ3) is 4.35. The number of carbonyl (C=O) groups is 1. The van der Waals surface area contributed by atoms with Crippen LogP contribution < -0.4 is 5.32 Å². The number of esters is 1. The van der Waals surface area contributed by atoms with E-state index in [1.165, 1.54) is 18.2 Å². The molecule has 0 bridgehead atoms. The predicted molar refractivity (Wildman–Crippen MR) is 80.2 cm³/mol. The molecule has 3 nitrogen and oxygen atoms in total. The van der Waals surface area contributed by atoms with Crippen molar-refractivity contribution in [3.8, 4) is 0 Å². The summed E-state index contributed by atoms with van der Waals surface area (Å²) in [5.41, 5.74) is 2.46. The van der Waals surface area contributed by atoms with E-state index in [2.05, 4.69) is 23.5 Å². The Hall–Kier alpha value is -1.87. The first-order valence-corrected chi connectivity index (χ1v) is 6.99. The smallest absolute Gasteiger partial charge is 0.323 e. The van der Waals surface area contributed by atoms with Crippen molar-refractivity contribution < 1.29 is 9.53 Å². The second-order valence-electron chi connectivity index (χ2n) is 4.94. The molecule has 0 unspecified atom stereocenters. The number of carbonyl (C=O) groups excluding carboxylic acids is 1. The summed E-state index contributed by atoms with van der Waals surface area (Å²) in [7, 11) is 1.44. The van der Waals surface area contributed by atoms with Gasteiger partial charge in [0.2, 0.25) is 0 Å². The summed E-state index contributed by atoms with van der Waals surface area (Å²) < 4.78 is 4.90. The van der Waals surface area contributed by atoms with E-state index in [0.29, 0.717) is 13.0 Å². The molecule has 0 aromatic heterocycles. The molecule has 1 aromatic rings. The van der Waals surface area contributed by atoms with Gasteiger partial charge in [0.05, 0.1) is 7.11 Å². The number of rotatable bonds is 6. The zero-order valence-corrected chi connectivity index (χ0v) is 11.8. The Kier molecular flexibility index (Phi) is 5.56. The Morgan fingerprint density at radius 2 is 2.15 bits per heavy atom. The Morgan fingerprint density at radius 1 is 1.35 bits per heavy atom. The Bertz CT molecular complexity index is 491. The first kappa shape index (κ1) is 14.5. The minimum atomic E-state index is -0.280. The molecule has 3 heteroatoms. The van der Waals surface area contributed by atoms with Crippen molar-refractivity contribution in [3.05, 3.63) is 59.7 Å². The molecule has 20 heavy (non-hydrogen) atoms. The summed E-state index contributed by atoms with van der Waals surface area (Å²) in [6.45, 7) is 0.670. The number of hydrogen-bond acceptors (Lipinski definition) is 3. The highest BCUT2D eigenvalue weighted by Crippen LogP contribution is 2.18. The number of methoxy groups -OCH3 is 1. The Balaban J connectivity index is 1.95. The highest BCUT2D eigenvalue weighted by Gasteiger charge is 2.20. The van der Waals surface area contributed by atoms with Gasteiger partial charge in [-0.05, 0) is 24.8 Å². The van der Waals surface area contributed by atoms with Crippen LogP contribution in [0.5, 0.6) is 0 Å². The topological polar surface area (TPSA) is 38.3 Å². The van der Waals surface area contributed by atoms with Crippen molar-refractivity contribution in [2.45, 2.75) is 31.8 Å². The van der Waals surface area contributed by atoms with Crippen LogP contribution in [-0.2, 0) is 16.1 Å². The van der Waals surface area contributed by atoms with Crippen molar-refractivity contribution in [3.63, 3.8) is 0 Å². The SMILES string of the molecule is COC(=O)[C@@H](CC1=CC=CCC1)NCc1ccccc1. The molecular formula is C17H21NO2. The van der Waals surface area contributed by atoms with Crippen LogP contribution in [0.4, 0.5) is 0 Å². The molecule has 1 aromatic carbocycles. The van der Waals surface area contributed by atoms with Gasteiger partial charge in [-0.15, -0.1) is 0 Å². The van der Waals surface area contributed by atoms with Gasteiger partial charge in [-0.1, -0.05) is 54.1 Å². The second kappa shape index (κ2) is 7.65. The van der Waals surface area contributed by atoms with Crippen LogP contribution in [0.25, 0.3) is 0 Å². The first-order valence-electron chi connectivity index (χ1n) is 6.99. The van der Waals surface area contributed by atoms with Crippen molar-refractivity contribution in [2.75, 3.05) is 7.11 Å². The molecule has 0 heterocycles. The molecule has 0 saturated heterocycles. The molecule has 2 rings (SSSR count). The van der Waals surface area contributed by atoms with Crippen molar-refractivity contribution in [1.82, 2.24) is 5.32 Å². The molecule has 1 aliphatic rings. The van der Waals surface area contributed by atoms with E-state index in [9.17, 15) is 4.79 Å². The van der Waals surface area contributed by atoms with E-state index >= 15 is 0 Å². The van der Waals surface area contributed by atoms with Gasteiger partial charge in [-0.3, -0.25) is 4.79 Å². The fourth-order valence-electron chi connectivity index (χ4n) is 2.30. The fourth-order valence-corrected chi connectivity index (χ4v) is 2.30. The number of allylic oxidation sites excluding steroid dienone is 3. The standard InChI is InChI=1S/C17H21NO2/c1-20-17(19)16(12-14-8-4-2-5-9-14)18-13-15-10-6-3-7-11-15/h2-4,6-8,10-11,16,18H,5,9,12-13H2,1H3/t16-/m1/s1. The van der Waals surface area contributed by atoms with Crippen LogP contribution >= 0.6 is 0 Å². The van der Waals surface area contributed by atoms with Crippen molar-refractivity contribution in [1.29, 1.82) is 0 Å². The van der Waals surface area contributed by atoms with Crippen LogP contribution in [-0.4, -0.2) is 19.1 Å². The van der Waals surface area contributed by atoms with Gasteiger partial charge in [0, 0.05) is 6.54 Å². The lowest BCUT2D eigenvalue weighted by molar-refractivity contribution is -0.143. The van der Waals surface area contributed by atoms with E-state index in [4.69, 9.17) is 4.74 Å². The largest absolute Gasteiger partial charge is 0.468 e. The second-order valence-corrected chi connectivity index (χ2v) is 4.94. The summed E-state index contributed by atoms with van der Waals surface area (Å²) in [6, 6.07) is 9.80. The van der Waals surface area contributed by atoms with E-state index < -0.39 is 0 Å². The number of ether oxygens (including phenoxy) is 1. The van der Waals surface area contributed by atoms with Crippen LogP contribution in [0.1, 0.15) is 24.8 Å². The maximum Gasteiger partial charge on any atom is 0.323 e. The minimum Gasteiger partial charge on any atom is -0.468 e. The number of benzene rings is 1. The third-order valence-corrected chi connectivity index (χ3v) is 3.45. The monoisotopic (exact) mass is 271 g/mol. The molecule has 106 valence electrons. The van der Waals surface area contributed by atoms with Crippen LogP contribution in [0.2, 0.25) is 0 Å². The lowest BCUT2D eigenvalue weighted by Crippen LogP contribution is -2.37. The zero-order valence-electron chi connectivity index (χ0n) is 11.8. The van der Waals surface area contributed by atoms with E-state index in [-0.39, 0.29) is 12.0 Å². The minimum absolute atomic E-state index is 0.198. The molecule has 0 radical (unpaired) electrons. The zero-order chi connectivity index (χ0) is 14.2.